The van der Waals surface area contributed by atoms with Crippen LogP contribution in [0, 0.1) is 5.82 Å². The lowest BCUT2D eigenvalue weighted by Gasteiger charge is -2.32. The van der Waals surface area contributed by atoms with Gasteiger partial charge in [-0.05, 0) is 50.9 Å². The Hall–Kier alpha value is -0.975. The molecule has 0 saturated carbocycles. The van der Waals surface area contributed by atoms with Crippen molar-refractivity contribution in [2.75, 3.05) is 11.5 Å². The highest BCUT2D eigenvalue weighted by molar-refractivity contribution is 7.80. The van der Waals surface area contributed by atoms with Gasteiger partial charge in [0.2, 0.25) is 0 Å². The molecule has 1 saturated heterocycles. The molecule has 1 aromatic rings. The minimum atomic E-state index is -0.479. The number of halogens is 1. The molecule has 3 nitrogen and oxygen atoms in total. The van der Waals surface area contributed by atoms with Gasteiger partial charge in [-0.3, -0.25) is 0 Å². The Morgan fingerprint density at radius 1 is 1.29 bits per heavy atom. The van der Waals surface area contributed by atoms with Gasteiger partial charge in [0.1, 0.15) is 5.82 Å². The van der Waals surface area contributed by atoms with Crippen molar-refractivity contribution in [3.63, 3.8) is 0 Å². The van der Waals surface area contributed by atoms with E-state index in [1.807, 2.05) is 33.8 Å². The zero-order chi connectivity index (χ0) is 15.8. The fourth-order valence-electron chi connectivity index (χ4n) is 2.03. The van der Waals surface area contributed by atoms with Crippen LogP contribution in [0.2, 0.25) is 0 Å². The predicted octanol–water partition coefficient (Wildman–Crippen LogP) is 3.35. The average Bonchev–Trinajstić information content (AvgIpc) is 2.59. The number of hydrogen-bond acceptors (Lipinski definition) is 4. The molecule has 2 N–H and O–H groups in total. The molecule has 0 bridgehead atoms. The third-order valence-electron chi connectivity index (χ3n) is 4.12. The third kappa shape index (κ3) is 3.28. The molecule has 0 atom stereocenters. The van der Waals surface area contributed by atoms with Crippen molar-refractivity contribution in [1.29, 1.82) is 0 Å². The maximum absolute atomic E-state index is 13.5. The first-order valence-electron chi connectivity index (χ1n) is 6.88. The van der Waals surface area contributed by atoms with Gasteiger partial charge < -0.3 is 15.0 Å². The van der Waals surface area contributed by atoms with Crippen LogP contribution >= 0.6 is 12.6 Å². The Kier molecular flexibility index (Phi) is 4.43. The summed E-state index contributed by atoms with van der Waals surface area (Å²) in [7, 11) is -0.479. The summed E-state index contributed by atoms with van der Waals surface area (Å²) in [6.45, 7) is 7.97. The number of nitrogen functional groups attached to an aromatic ring is 1. The highest BCUT2D eigenvalue weighted by atomic mass is 32.1. The number of thiol groups is 1. The van der Waals surface area contributed by atoms with E-state index in [0.717, 1.165) is 5.47 Å². The van der Waals surface area contributed by atoms with Crippen molar-refractivity contribution < 1.29 is 13.7 Å². The number of hydrogen-bond donors (Lipinski definition) is 2. The van der Waals surface area contributed by atoms with Crippen LogP contribution in [0.15, 0.2) is 23.7 Å². The van der Waals surface area contributed by atoms with E-state index in [4.69, 9.17) is 15.0 Å². The summed E-state index contributed by atoms with van der Waals surface area (Å²) in [6.07, 6.45) is 1.83. The summed E-state index contributed by atoms with van der Waals surface area (Å²) in [4.78, 5) is 0. The Bertz CT molecular complexity index is 559. The lowest BCUT2D eigenvalue weighted by atomic mass is 9.78. The van der Waals surface area contributed by atoms with E-state index in [1.54, 1.807) is 12.1 Å². The zero-order valence-electron chi connectivity index (χ0n) is 12.8. The van der Waals surface area contributed by atoms with Crippen molar-refractivity contribution in [1.82, 2.24) is 0 Å². The number of nitrogens with two attached hydrogens (primary N) is 1. The maximum atomic E-state index is 13.5. The standard InChI is InChI=1S/C15H21BFNO2S/c1-14(2)15(3,4)20-16(19-14)11(9-21)7-10-5-6-13(18)12(17)8-10/h5-8,21H,9,18H2,1-4H3. The molecule has 0 amide bonds. The number of anilines is 1. The Morgan fingerprint density at radius 2 is 1.86 bits per heavy atom. The van der Waals surface area contributed by atoms with Crippen molar-refractivity contribution in [2.24, 2.45) is 0 Å². The first-order valence-corrected chi connectivity index (χ1v) is 7.51. The van der Waals surface area contributed by atoms with Gasteiger partial charge >= 0.3 is 7.12 Å². The van der Waals surface area contributed by atoms with Crippen molar-refractivity contribution in [3.8, 4) is 0 Å². The van der Waals surface area contributed by atoms with Crippen LogP contribution in [0.5, 0.6) is 0 Å². The van der Waals surface area contributed by atoms with Gasteiger partial charge in [-0.15, -0.1) is 0 Å². The Labute approximate surface area is 131 Å². The molecule has 0 spiro atoms. The van der Waals surface area contributed by atoms with Crippen LogP contribution < -0.4 is 5.73 Å². The van der Waals surface area contributed by atoms with Gasteiger partial charge in [0.15, 0.2) is 0 Å². The Morgan fingerprint density at radius 3 is 2.33 bits per heavy atom. The van der Waals surface area contributed by atoms with Gasteiger partial charge in [-0.25, -0.2) is 4.39 Å². The van der Waals surface area contributed by atoms with Gasteiger partial charge in [-0.1, -0.05) is 12.1 Å². The van der Waals surface area contributed by atoms with Crippen LogP contribution in [-0.4, -0.2) is 24.1 Å². The second-order valence-electron chi connectivity index (χ2n) is 6.25. The van der Waals surface area contributed by atoms with E-state index >= 15 is 0 Å². The van der Waals surface area contributed by atoms with Crippen molar-refractivity contribution >= 4 is 31.5 Å². The minimum Gasteiger partial charge on any atom is -0.400 e. The molecule has 0 unspecified atom stereocenters. The fourth-order valence-corrected chi connectivity index (χ4v) is 2.27. The molecule has 1 heterocycles. The van der Waals surface area contributed by atoms with Gasteiger partial charge in [0, 0.05) is 5.75 Å². The molecule has 0 aliphatic carbocycles. The summed E-state index contributed by atoms with van der Waals surface area (Å²) in [5.74, 6) is 0.0270. The molecule has 1 fully saturated rings. The smallest absolute Gasteiger partial charge is 0.400 e. The van der Waals surface area contributed by atoms with Gasteiger partial charge in [0.25, 0.3) is 0 Å². The lowest BCUT2D eigenvalue weighted by Crippen LogP contribution is -2.41. The van der Waals surface area contributed by atoms with E-state index < -0.39 is 24.1 Å². The summed E-state index contributed by atoms with van der Waals surface area (Å²) >= 11 is 4.33. The van der Waals surface area contributed by atoms with E-state index in [9.17, 15) is 4.39 Å². The highest BCUT2D eigenvalue weighted by Gasteiger charge is 2.52. The maximum Gasteiger partial charge on any atom is 0.491 e. The first-order chi connectivity index (χ1) is 9.66. The lowest BCUT2D eigenvalue weighted by molar-refractivity contribution is 0.00578. The zero-order valence-corrected chi connectivity index (χ0v) is 13.7. The van der Waals surface area contributed by atoms with Crippen LogP contribution in [0.1, 0.15) is 33.3 Å². The molecular weight excluding hydrogens is 288 g/mol. The Balaban J connectivity index is 2.28. The van der Waals surface area contributed by atoms with Crippen molar-refractivity contribution in [2.45, 2.75) is 38.9 Å². The van der Waals surface area contributed by atoms with Gasteiger partial charge in [0.05, 0.1) is 16.9 Å². The molecule has 1 aliphatic rings. The van der Waals surface area contributed by atoms with Crippen molar-refractivity contribution in [3.05, 3.63) is 35.1 Å². The summed E-state index contributed by atoms with van der Waals surface area (Å²) in [6, 6.07) is 4.69. The van der Waals surface area contributed by atoms with E-state index in [-0.39, 0.29) is 5.69 Å². The summed E-state index contributed by atoms with van der Waals surface area (Å²) in [5, 5.41) is 0. The monoisotopic (exact) mass is 309 g/mol. The number of benzene rings is 1. The minimum absolute atomic E-state index is 0.134. The van der Waals surface area contributed by atoms with Crippen LogP contribution in [-0.2, 0) is 9.31 Å². The molecule has 6 heteroatoms. The second-order valence-corrected chi connectivity index (χ2v) is 6.56. The number of rotatable bonds is 3. The normalized spacial score (nSPS) is 20.9. The van der Waals surface area contributed by atoms with Gasteiger partial charge in [-0.2, -0.15) is 12.6 Å². The molecular formula is C15H21BFNO2S. The summed E-state index contributed by atoms with van der Waals surface area (Å²) in [5.41, 5.74) is 6.36. The fraction of sp³-hybridized carbons (Fsp3) is 0.467. The topological polar surface area (TPSA) is 44.5 Å². The molecule has 2 rings (SSSR count). The van der Waals surface area contributed by atoms with Crippen LogP contribution in [0.3, 0.4) is 0 Å². The quantitative estimate of drug-likeness (QED) is 0.511. The second kappa shape index (κ2) is 5.67. The molecule has 1 aromatic carbocycles. The van der Waals surface area contributed by atoms with Crippen LogP contribution in [0.25, 0.3) is 6.08 Å². The molecule has 21 heavy (non-hydrogen) atoms. The molecule has 114 valence electrons. The highest BCUT2D eigenvalue weighted by Crippen LogP contribution is 2.39. The van der Waals surface area contributed by atoms with E-state index in [0.29, 0.717) is 11.3 Å². The van der Waals surface area contributed by atoms with E-state index in [2.05, 4.69) is 12.6 Å². The van der Waals surface area contributed by atoms with E-state index in [1.165, 1.54) is 6.07 Å². The largest absolute Gasteiger partial charge is 0.491 e. The van der Waals surface area contributed by atoms with Crippen LogP contribution in [0.4, 0.5) is 10.1 Å². The molecule has 0 radical (unpaired) electrons. The SMILES string of the molecule is CC1(C)OB(C(=Cc2ccc(N)c(F)c2)CS)OC1(C)C. The average molecular weight is 309 g/mol. The first kappa shape index (κ1) is 16.4. The molecule has 1 aliphatic heterocycles. The third-order valence-corrected chi connectivity index (χ3v) is 4.48. The molecule has 0 aromatic heterocycles. The predicted molar refractivity (Wildman–Crippen MR) is 88.7 cm³/mol. The summed E-state index contributed by atoms with van der Waals surface area (Å²) < 4.78 is 25.5.